The van der Waals surface area contributed by atoms with Gasteiger partial charge >= 0.3 is 0 Å². The fourth-order valence-electron chi connectivity index (χ4n) is 1.22. The lowest BCUT2D eigenvalue weighted by Gasteiger charge is -2.07. The van der Waals surface area contributed by atoms with Crippen LogP contribution >= 0.6 is 0 Å². The summed E-state index contributed by atoms with van der Waals surface area (Å²) in [5, 5.41) is 10.6. The first-order chi connectivity index (χ1) is 8.58. The zero-order valence-corrected chi connectivity index (χ0v) is 10.6. The molecule has 1 amide bonds. The number of amides is 1. The first-order valence-electron chi connectivity index (χ1n) is 5.04. The summed E-state index contributed by atoms with van der Waals surface area (Å²) in [6.45, 7) is -0.108. The predicted octanol–water partition coefficient (Wildman–Crippen LogP) is 0.0248. The lowest BCUT2D eigenvalue weighted by molar-refractivity contribution is -0.118. The van der Waals surface area contributed by atoms with Crippen molar-refractivity contribution in [2.24, 2.45) is 0 Å². The van der Waals surface area contributed by atoms with Gasteiger partial charge in [0.25, 0.3) is 0 Å². The van der Waals surface area contributed by atoms with Gasteiger partial charge in [-0.15, -0.1) is 0 Å². The highest BCUT2D eigenvalue weighted by atomic mass is 32.2. The van der Waals surface area contributed by atoms with E-state index in [1.165, 1.54) is 13.2 Å². The smallest absolute Gasteiger partial charge is 0.233 e. The number of nitrogen functional groups attached to an aromatic ring is 1. The molecule has 0 spiro atoms. The molecule has 7 heteroatoms. The van der Waals surface area contributed by atoms with E-state index < -0.39 is 16.7 Å². The molecule has 18 heavy (non-hydrogen) atoms. The van der Waals surface area contributed by atoms with Crippen LogP contribution in [0.5, 0.6) is 5.75 Å². The second kappa shape index (κ2) is 6.61. The second-order valence-electron chi connectivity index (χ2n) is 3.33. The molecule has 0 aliphatic carbocycles. The average molecular weight is 267 g/mol. The molecule has 0 aliphatic heterocycles. The number of ether oxygens (including phenoxy) is 1. The molecule has 0 aromatic heterocycles. The number of nitriles is 1. The van der Waals surface area contributed by atoms with E-state index in [1.807, 2.05) is 0 Å². The molecule has 0 bridgehead atoms. The molecule has 0 saturated heterocycles. The maximum Gasteiger partial charge on any atom is 0.233 e. The summed E-state index contributed by atoms with van der Waals surface area (Å²) in [7, 11) is -0.0829. The van der Waals surface area contributed by atoms with Gasteiger partial charge < -0.3 is 15.8 Å². The third-order valence-corrected chi connectivity index (χ3v) is 3.46. The van der Waals surface area contributed by atoms with Crippen LogP contribution in [-0.2, 0) is 15.6 Å². The number of rotatable bonds is 5. The Kier molecular flexibility index (Phi) is 5.14. The summed E-state index contributed by atoms with van der Waals surface area (Å²) < 4.78 is 16.9. The van der Waals surface area contributed by atoms with Crippen molar-refractivity contribution >= 4 is 22.4 Å². The Bertz CT molecular complexity index is 511. The Morgan fingerprint density at radius 2 is 2.33 bits per heavy atom. The summed E-state index contributed by atoms with van der Waals surface area (Å²) in [5.41, 5.74) is 6.02. The summed E-state index contributed by atoms with van der Waals surface area (Å²) >= 11 is 0. The minimum atomic E-state index is -1.57. The Morgan fingerprint density at radius 3 is 2.94 bits per heavy atom. The molecule has 1 unspecified atom stereocenters. The third kappa shape index (κ3) is 3.75. The molecule has 0 fully saturated rings. The Labute approximate surface area is 107 Å². The number of nitrogens with zero attached hydrogens (tertiary/aromatic N) is 1. The molecule has 0 saturated carbocycles. The number of benzene rings is 1. The minimum absolute atomic E-state index is 0.108. The van der Waals surface area contributed by atoms with Gasteiger partial charge in [0.1, 0.15) is 18.0 Å². The Hall–Kier alpha value is -2.07. The molecule has 0 aliphatic rings. The van der Waals surface area contributed by atoms with Crippen LogP contribution in [-0.4, -0.2) is 29.5 Å². The molecule has 3 N–H and O–H groups in total. The number of hydrogen-bond acceptors (Lipinski definition) is 5. The molecule has 1 atom stereocenters. The van der Waals surface area contributed by atoms with Crippen LogP contribution in [0.2, 0.25) is 0 Å². The largest absolute Gasteiger partial charge is 0.497 e. The number of methoxy groups -OCH3 is 1. The Balaban J connectivity index is 2.78. The van der Waals surface area contributed by atoms with Crippen molar-refractivity contribution in [3.8, 4) is 11.8 Å². The Morgan fingerprint density at radius 1 is 1.61 bits per heavy atom. The normalized spacial score (nSPS) is 11.3. The highest BCUT2D eigenvalue weighted by Crippen LogP contribution is 2.22. The quantitative estimate of drug-likeness (QED) is 0.578. The van der Waals surface area contributed by atoms with Crippen LogP contribution < -0.4 is 15.8 Å². The van der Waals surface area contributed by atoms with Gasteiger partial charge in [-0.3, -0.25) is 9.00 Å². The monoisotopic (exact) mass is 267 g/mol. The van der Waals surface area contributed by atoms with Crippen LogP contribution in [0.4, 0.5) is 5.69 Å². The molecule has 0 heterocycles. The molecule has 1 rings (SSSR count). The van der Waals surface area contributed by atoms with Gasteiger partial charge in [0.2, 0.25) is 5.91 Å². The highest BCUT2D eigenvalue weighted by molar-refractivity contribution is 7.86. The SMILES string of the molecule is COc1ccc(N)c(S(=O)CC(=O)NCC#N)c1. The topological polar surface area (TPSA) is 105 Å². The van der Waals surface area contributed by atoms with E-state index >= 15 is 0 Å². The zero-order valence-electron chi connectivity index (χ0n) is 9.80. The van der Waals surface area contributed by atoms with Crippen LogP contribution in [0.3, 0.4) is 0 Å². The van der Waals surface area contributed by atoms with Gasteiger partial charge in [0.15, 0.2) is 0 Å². The fourth-order valence-corrected chi connectivity index (χ4v) is 2.30. The van der Waals surface area contributed by atoms with E-state index in [0.29, 0.717) is 16.3 Å². The van der Waals surface area contributed by atoms with Crippen molar-refractivity contribution in [2.45, 2.75) is 4.90 Å². The number of carbonyl (C=O) groups is 1. The molecular weight excluding hydrogens is 254 g/mol. The number of carbonyl (C=O) groups excluding carboxylic acids is 1. The molecular formula is C11H13N3O3S. The van der Waals surface area contributed by atoms with Crippen molar-refractivity contribution in [3.05, 3.63) is 18.2 Å². The van der Waals surface area contributed by atoms with Crippen LogP contribution in [0.1, 0.15) is 0 Å². The third-order valence-electron chi connectivity index (χ3n) is 2.09. The number of nitrogens with two attached hydrogens (primary N) is 1. The zero-order chi connectivity index (χ0) is 13.5. The van der Waals surface area contributed by atoms with Gasteiger partial charge in [-0.1, -0.05) is 0 Å². The first kappa shape index (κ1) is 14.0. The molecule has 0 radical (unpaired) electrons. The summed E-state index contributed by atoms with van der Waals surface area (Å²) in [6.07, 6.45) is 0. The van der Waals surface area contributed by atoms with Gasteiger partial charge in [0.05, 0.1) is 28.9 Å². The molecule has 6 nitrogen and oxygen atoms in total. The average Bonchev–Trinajstić information content (AvgIpc) is 2.36. The molecule has 96 valence electrons. The number of hydrogen-bond donors (Lipinski definition) is 2. The fraction of sp³-hybridized carbons (Fsp3) is 0.273. The van der Waals surface area contributed by atoms with E-state index in [2.05, 4.69) is 5.32 Å². The standard InChI is InChI=1S/C11H13N3O3S/c1-17-8-2-3-9(13)10(6-8)18(16)7-11(15)14-5-4-12/h2-3,6H,5,7,13H2,1H3,(H,14,15). The molecule has 1 aromatic carbocycles. The summed E-state index contributed by atoms with van der Waals surface area (Å²) in [6, 6.07) is 6.51. The minimum Gasteiger partial charge on any atom is -0.497 e. The van der Waals surface area contributed by atoms with Gasteiger partial charge in [-0.2, -0.15) is 5.26 Å². The van der Waals surface area contributed by atoms with E-state index in [4.69, 9.17) is 15.7 Å². The van der Waals surface area contributed by atoms with Crippen LogP contribution in [0.25, 0.3) is 0 Å². The van der Waals surface area contributed by atoms with Gasteiger partial charge in [-0.25, -0.2) is 0 Å². The van der Waals surface area contributed by atoms with Crippen molar-refractivity contribution in [1.29, 1.82) is 5.26 Å². The molecule has 1 aromatic rings. The summed E-state index contributed by atoms with van der Waals surface area (Å²) in [4.78, 5) is 11.7. The van der Waals surface area contributed by atoms with Gasteiger partial charge in [-0.05, 0) is 18.2 Å². The number of nitrogens with one attached hydrogen (secondary N) is 1. The lowest BCUT2D eigenvalue weighted by atomic mass is 10.3. The van der Waals surface area contributed by atoms with Crippen molar-refractivity contribution in [3.63, 3.8) is 0 Å². The summed E-state index contributed by atoms with van der Waals surface area (Å²) in [5.74, 6) is -0.180. The van der Waals surface area contributed by atoms with Crippen LogP contribution in [0, 0.1) is 11.3 Å². The highest BCUT2D eigenvalue weighted by Gasteiger charge is 2.13. The van der Waals surface area contributed by atoms with Crippen LogP contribution in [0.15, 0.2) is 23.1 Å². The van der Waals surface area contributed by atoms with E-state index in [9.17, 15) is 9.00 Å². The maximum atomic E-state index is 11.9. The first-order valence-corrected chi connectivity index (χ1v) is 6.36. The van der Waals surface area contributed by atoms with Crippen molar-refractivity contribution < 1.29 is 13.7 Å². The van der Waals surface area contributed by atoms with Crippen molar-refractivity contribution in [2.75, 3.05) is 25.1 Å². The second-order valence-corrected chi connectivity index (χ2v) is 4.75. The van der Waals surface area contributed by atoms with E-state index in [0.717, 1.165) is 0 Å². The lowest BCUT2D eigenvalue weighted by Crippen LogP contribution is -2.28. The van der Waals surface area contributed by atoms with Gasteiger partial charge in [0, 0.05) is 5.69 Å². The maximum absolute atomic E-state index is 11.9. The van der Waals surface area contributed by atoms with Crippen molar-refractivity contribution in [1.82, 2.24) is 5.32 Å². The number of anilines is 1. The predicted molar refractivity (Wildman–Crippen MR) is 67.3 cm³/mol. The van der Waals surface area contributed by atoms with E-state index in [1.54, 1.807) is 18.2 Å². The van der Waals surface area contributed by atoms with E-state index in [-0.39, 0.29) is 12.3 Å².